The summed E-state index contributed by atoms with van der Waals surface area (Å²) < 4.78 is 37.5. The van der Waals surface area contributed by atoms with Crippen molar-refractivity contribution in [2.24, 2.45) is 5.92 Å². The van der Waals surface area contributed by atoms with Crippen molar-refractivity contribution >= 4 is 21.8 Å². The minimum atomic E-state index is -3.62. The zero-order valence-electron chi connectivity index (χ0n) is 20.3. The third-order valence-corrected chi connectivity index (χ3v) is 7.19. The summed E-state index contributed by atoms with van der Waals surface area (Å²) in [5, 5.41) is 0. The zero-order chi connectivity index (χ0) is 25.3. The van der Waals surface area contributed by atoms with Crippen molar-refractivity contribution in [3.05, 3.63) is 53.6 Å². The van der Waals surface area contributed by atoms with Gasteiger partial charge in [0.05, 0.1) is 18.6 Å². The highest BCUT2D eigenvalue weighted by Crippen LogP contribution is 2.28. The summed E-state index contributed by atoms with van der Waals surface area (Å²) in [6.07, 6.45) is 0.889. The maximum absolute atomic E-state index is 12.6. The molecule has 34 heavy (non-hydrogen) atoms. The Balaban J connectivity index is 2.01. The maximum Gasteiger partial charge on any atom is 0.269 e. The number of methoxy groups -OCH3 is 1. The molecule has 2 rings (SSSR count). The fourth-order valence-corrected chi connectivity index (χ4v) is 4.54. The number of hydrogen-bond donors (Lipinski definition) is 2. The van der Waals surface area contributed by atoms with E-state index in [1.165, 1.54) is 41.7 Å². The Kier molecular flexibility index (Phi) is 9.88. The molecule has 0 aliphatic carbocycles. The average Bonchev–Trinajstić information content (AvgIpc) is 2.82. The van der Waals surface area contributed by atoms with E-state index < -0.39 is 21.8 Å². The first-order valence-electron chi connectivity index (χ1n) is 11.2. The standard InChI is InChI=1S/C24H33N3O6S/c1-6-27(7-2)34(30,31)20-11-8-18(9-12-20)23(28)25-26-24(29)19-10-13-21(22(16-19)32-5)33-15-14-17(3)4/h8-13,16-17H,6-7,14-15H2,1-5H3,(H,25,28)(H,26,29). The first kappa shape index (κ1) is 27.1. The molecule has 0 radical (unpaired) electrons. The van der Waals surface area contributed by atoms with Gasteiger partial charge in [0, 0.05) is 24.2 Å². The number of sulfonamides is 1. The van der Waals surface area contributed by atoms with Gasteiger partial charge in [-0.05, 0) is 54.8 Å². The minimum Gasteiger partial charge on any atom is -0.493 e. The molecule has 0 unspecified atom stereocenters. The Labute approximate surface area is 201 Å². The van der Waals surface area contributed by atoms with Gasteiger partial charge in [0.2, 0.25) is 10.0 Å². The van der Waals surface area contributed by atoms with Gasteiger partial charge in [-0.1, -0.05) is 27.7 Å². The van der Waals surface area contributed by atoms with Crippen molar-refractivity contribution in [1.82, 2.24) is 15.2 Å². The molecule has 0 bridgehead atoms. The van der Waals surface area contributed by atoms with E-state index in [2.05, 4.69) is 24.7 Å². The van der Waals surface area contributed by atoms with Crippen LogP contribution < -0.4 is 20.3 Å². The fraction of sp³-hybridized carbons (Fsp3) is 0.417. The van der Waals surface area contributed by atoms with Crippen molar-refractivity contribution in [2.45, 2.75) is 39.0 Å². The lowest BCUT2D eigenvalue weighted by atomic mass is 10.1. The number of rotatable bonds is 11. The molecule has 186 valence electrons. The lowest BCUT2D eigenvalue weighted by Gasteiger charge is -2.18. The predicted molar refractivity (Wildman–Crippen MR) is 129 cm³/mol. The maximum atomic E-state index is 12.6. The van der Waals surface area contributed by atoms with Crippen LogP contribution in [0.15, 0.2) is 47.4 Å². The average molecular weight is 492 g/mol. The highest BCUT2D eigenvalue weighted by Gasteiger charge is 2.22. The number of benzene rings is 2. The van der Waals surface area contributed by atoms with Gasteiger partial charge in [0.1, 0.15) is 0 Å². The molecule has 0 fully saturated rings. The Morgan fingerprint density at radius 3 is 2.00 bits per heavy atom. The van der Waals surface area contributed by atoms with Gasteiger partial charge in [-0.2, -0.15) is 4.31 Å². The molecule has 2 aromatic rings. The summed E-state index contributed by atoms with van der Waals surface area (Å²) >= 11 is 0. The SMILES string of the molecule is CCN(CC)S(=O)(=O)c1ccc(C(=O)NNC(=O)c2ccc(OCCC(C)C)c(OC)c2)cc1. The largest absolute Gasteiger partial charge is 0.493 e. The lowest BCUT2D eigenvalue weighted by Crippen LogP contribution is -2.41. The lowest BCUT2D eigenvalue weighted by molar-refractivity contribution is 0.0846. The van der Waals surface area contributed by atoms with E-state index in [9.17, 15) is 18.0 Å². The quantitative estimate of drug-likeness (QED) is 0.467. The Hall–Kier alpha value is -3.11. The molecule has 2 amide bonds. The van der Waals surface area contributed by atoms with Crippen LogP contribution in [0.4, 0.5) is 0 Å². The summed E-state index contributed by atoms with van der Waals surface area (Å²) in [6, 6.07) is 10.3. The van der Waals surface area contributed by atoms with Crippen molar-refractivity contribution < 1.29 is 27.5 Å². The molecule has 0 aliphatic rings. The van der Waals surface area contributed by atoms with Crippen LogP contribution in [-0.4, -0.2) is 51.3 Å². The van der Waals surface area contributed by atoms with E-state index in [1.54, 1.807) is 26.0 Å². The normalized spacial score (nSPS) is 11.4. The van der Waals surface area contributed by atoms with Gasteiger partial charge >= 0.3 is 0 Å². The van der Waals surface area contributed by atoms with Crippen LogP contribution in [0.2, 0.25) is 0 Å². The molecule has 9 nitrogen and oxygen atoms in total. The highest BCUT2D eigenvalue weighted by atomic mass is 32.2. The van der Waals surface area contributed by atoms with Gasteiger partial charge in [-0.3, -0.25) is 20.4 Å². The first-order valence-corrected chi connectivity index (χ1v) is 12.6. The predicted octanol–water partition coefficient (Wildman–Crippen LogP) is 3.23. The summed E-state index contributed by atoms with van der Waals surface area (Å²) in [5.74, 6) is 0.320. The molecule has 0 aliphatic heterocycles. The minimum absolute atomic E-state index is 0.0968. The number of ether oxygens (including phenoxy) is 2. The van der Waals surface area contributed by atoms with Crippen LogP contribution in [0.1, 0.15) is 54.8 Å². The molecule has 0 spiro atoms. The summed E-state index contributed by atoms with van der Waals surface area (Å²) in [4.78, 5) is 25.0. The second-order valence-electron chi connectivity index (χ2n) is 7.92. The van der Waals surface area contributed by atoms with Crippen LogP contribution in [0.3, 0.4) is 0 Å². The monoisotopic (exact) mass is 491 g/mol. The molecule has 10 heteroatoms. The number of carbonyl (C=O) groups excluding carboxylic acids is 2. The Morgan fingerprint density at radius 2 is 1.47 bits per heavy atom. The molecular formula is C24H33N3O6S. The number of hydrogen-bond acceptors (Lipinski definition) is 6. The van der Waals surface area contributed by atoms with Crippen LogP contribution in [0.25, 0.3) is 0 Å². The molecule has 0 atom stereocenters. The van der Waals surface area contributed by atoms with Crippen molar-refractivity contribution in [3.8, 4) is 11.5 Å². The molecule has 0 saturated heterocycles. The summed E-state index contributed by atoms with van der Waals surface area (Å²) in [7, 11) is -2.13. The van der Waals surface area contributed by atoms with Gasteiger partial charge in [-0.25, -0.2) is 8.42 Å². The Bertz CT molecular complexity index is 1080. The smallest absolute Gasteiger partial charge is 0.269 e. The summed E-state index contributed by atoms with van der Waals surface area (Å²) in [5.41, 5.74) is 5.15. The first-order chi connectivity index (χ1) is 16.1. The number of amides is 2. The number of nitrogens with zero attached hydrogens (tertiary/aromatic N) is 1. The second kappa shape index (κ2) is 12.4. The second-order valence-corrected chi connectivity index (χ2v) is 9.86. The molecule has 0 aromatic heterocycles. The van der Waals surface area contributed by atoms with Crippen LogP contribution in [-0.2, 0) is 10.0 Å². The third-order valence-electron chi connectivity index (χ3n) is 5.13. The third kappa shape index (κ3) is 6.94. The Morgan fingerprint density at radius 1 is 0.912 bits per heavy atom. The molecule has 0 saturated carbocycles. The van der Waals surface area contributed by atoms with Crippen LogP contribution in [0, 0.1) is 5.92 Å². The summed E-state index contributed by atoms with van der Waals surface area (Å²) in [6.45, 7) is 8.95. The fourth-order valence-electron chi connectivity index (χ4n) is 3.08. The van der Waals surface area contributed by atoms with Gasteiger partial charge in [-0.15, -0.1) is 0 Å². The van der Waals surface area contributed by atoms with E-state index in [4.69, 9.17) is 9.47 Å². The van der Waals surface area contributed by atoms with Crippen LogP contribution in [0.5, 0.6) is 11.5 Å². The van der Waals surface area contributed by atoms with E-state index in [0.717, 1.165) is 6.42 Å². The molecule has 0 heterocycles. The molecule has 2 aromatic carbocycles. The van der Waals surface area contributed by atoms with E-state index in [-0.39, 0.29) is 16.0 Å². The number of hydrazine groups is 1. The van der Waals surface area contributed by atoms with Crippen molar-refractivity contribution in [3.63, 3.8) is 0 Å². The van der Waals surface area contributed by atoms with Crippen molar-refractivity contribution in [1.29, 1.82) is 0 Å². The van der Waals surface area contributed by atoms with Gasteiger partial charge in [0.15, 0.2) is 11.5 Å². The van der Waals surface area contributed by atoms with Gasteiger partial charge < -0.3 is 9.47 Å². The van der Waals surface area contributed by atoms with Crippen LogP contribution >= 0.6 is 0 Å². The topological polar surface area (TPSA) is 114 Å². The van der Waals surface area contributed by atoms with E-state index in [1.807, 2.05) is 0 Å². The number of nitrogens with one attached hydrogen (secondary N) is 2. The van der Waals surface area contributed by atoms with E-state index >= 15 is 0 Å². The van der Waals surface area contributed by atoms with Crippen molar-refractivity contribution in [2.75, 3.05) is 26.8 Å². The molecule has 2 N–H and O–H groups in total. The zero-order valence-corrected chi connectivity index (χ0v) is 21.1. The highest BCUT2D eigenvalue weighted by molar-refractivity contribution is 7.89. The van der Waals surface area contributed by atoms with Gasteiger partial charge in [0.25, 0.3) is 11.8 Å². The van der Waals surface area contributed by atoms with E-state index in [0.29, 0.717) is 37.1 Å². The molecular weight excluding hydrogens is 458 g/mol. The number of carbonyl (C=O) groups is 2.